The molecule has 0 radical (unpaired) electrons. The molecule has 3 aromatic rings. The Labute approximate surface area is 158 Å². The Morgan fingerprint density at radius 3 is 2.50 bits per heavy atom. The van der Waals surface area contributed by atoms with Crippen LogP contribution in [-0.4, -0.2) is 27.8 Å². The van der Waals surface area contributed by atoms with Gasteiger partial charge in [-0.1, -0.05) is 60.1 Å². The Morgan fingerprint density at radius 1 is 1.08 bits per heavy atom. The summed E-state index contributed by atoms with van der Waals surface area (Å²) in [6.07, 6.45) is 5.26. The predicted octanol–water partition coefficient (Wildman–Crippen LogP) is 4.31. The number of halogens is 1. The second-order valence-electron chi connectivity index (χ2n) is 6.14. The van der Waals surface area contributed by atoms with Crippen molar-refractivity contribution < 1.29 is 4.79 Å². The second-order valence-corrected chi connectivity index (χ2v) is 6.54. The fraction of sp³-hybridized carbons (Fsp3) is 0.190. The molecule has 0 saturated carbocycles. The van der Waals surface area contributed by atoms with Crippen molar-refractivity contribution >= 4 is 17.5 Å². The fourth-order valence-electron chi connectivity index (χ4n) is 2.92. The van der Waals surface area contributed by atoms with E-state index in [1.54, 1.807) is 30.5 Å². The van der Waals surface area contributed by atoms with E-state index in [4.69, 9.17) is 11.6 Å². The van der Waals surface area contributed by atoms with E-state index in [9.17, 15) is 4.79 Å². The van der Waals surface area contributed by atoms with Gasteiger partial charge in [0.05, 0.1) is 18.4 Å². The molecule has 3 rings (SSSR count). The molecule has 2 aromatic carbocycles. The van der Waals surface area contributed by atoms with Crippen LogP contribution in [0.15, 0.2) is 73.2 Å². The molecule has 0 saturated heterocycles. The summed E-state index contributed by atoms with van der Waals surface area (Å²) < 4.78 is 0. The minimum absolute atomic E-state index is 0.0319. The van der Waals surface area contributed by atoms with Gasteiger partial charge in [-0.2, -0.15) is 0 Å². The lowest BCUT2D eigenvalue weighted by atomic mass is 9.88. The molecular weight excluding hydrogens is 346 g/mol. The predicted molar refractivity (Wildman–Crippen MR) is 103 cm³/mol. The van der Waals surface area contributed by atoms with E-state index in [2.05, 4.69) is 9.97 Å². The molecule has 4 nitrogen and oxygen atoms in total. The lowest BCUT2D eigenvalue weighted by molar-refractivity contribution is -0.130. The highest BCUT2D eigenvalue weighted by atomic mass is 35.5. The molecular formula is C21H20ClN3O. The molecule has 0 fully saturated rings. The topological polar surface area (TPSA) is 46.1 Å². The van der Waals surface area contributed by atoms with Crippen molar-refractivity contribution in [2.75, 3.05) is 7.05 Å². The number of rotatable bonds is 6. The van der Waals surface area contributed by atoms with Gasteiger partial charge >= 0.3 is 0 Å². The Bertz CT molecular complexity index is 855. The zero-order chi connectivity index (χ0) is 18.4. The van der Waals surface area contributed by atoms with Crippen molar-refractivity contribution in [3.63, 3.8) is 0 Å². The highest BCUT2D eigenvalue weighted by Gasteiger charge is 2.22. The largest absolute Gasteiger partial charge is 0.340 e. The third kappa shape index (κ3) is 4.46. The zero-order valence-electron chi connectivity index (χ0n) is 14.5. The second kappa shape index (κ2) is 8.59. The van der Waals surface area contributed by atoms with E-state index in [-0.39, 0.29) is 11.8 Å². The van der Waals surface area contributed by atoms with Crippen LogP contribution in [0.4, 0.5) is 0 Å². The summed E-state index contributed by atoms with van der Waals surface area (Å²) in [5.74, 6) is -0.0638. The van der Waals surface area contributed by atoms with Gasteiger partial charge in [-0.3, -0.25) is 14.8 Å². The van der Waals surface area contributed by atoms with Gasteiger partial charge in [-0.05, 0) is 17.2 Å². The molecule has 0 aliphatic rings. The number of amides is 1. The van der Waals surface area contributed by atoms with Gasteiger partial charge in [-0.25, -0.2) is 0 Å². The van der Waals surface area contributed by atoms with Crippen LogP contribution in [0, 0.1) is 0 Å². The van der Waals surface area contributed by atoms with E-state index < -0.39 is 0 Å². The summed E-state index contributed by atoms with van der Waals surface area (Å²) in [5, 5.41) is 0.672. The SMILES string of the molecule is CN(Cc1cnccn1)C(=O)CC(c1ccccc1)c1ccccc1Cl. The summed E-state index contributed by atoms with van der Waals surface area (Å²) in [6.45, 7) is 0.427. The standard InChI is InChI=1S/C21H20ClN3O/c1-25(15-17-14-23-11-12-24-17)21(26)13-19(16-7-3-2-4-8-16)18-9-5-6-10-20(18)22/h2-12,14,19H,13,15H2,1H3. The molecule has 132 valence electrons. The van der Waals surface area contributed by atoms with E-state index >= 15 is 0 Å². The smallest absolute Gasteiger partial charge is 0.223 e. The number of hydrogen-bond donors (Lipinski definition) is 0. The molecule has 26 heavy (non-hydrogen) atoms. The van der Waals surface area contributed by atoms with Gasteiger partial charge in [0.2, 0.25) is 5.91 Å². The molecule has 0 bridgehead atoms. The molecule has 0 spiro atoms. The number of carbonyl (C=O) groups excluding carboxylic acids is 1. The van der Waals surface area contributed by atoms with Crippen molar-refractivity contribution in [3.05, 3.63) is 95.0 Å². The van der Waals surface area contributed by atoms with Crippen molar-refractivity contribution in [2.45, 2.75) is 18.9 Å². The lowest BCUT2D eigenvalue weighted by Crippen LogP contribution is -2.28. The Balaban J connectivity index is 1.82. The summed E-state index contributed by atoms with van der Waals surface area (Å²) in [5.41, 5.74) is 2.79. The first-order chi connectivity index (χ1) is 12.6. The van der Waals surface area contributed by atoms with Gasteiger partial charge in [0.25, 0.3) is 0 Å². The van der Waals surface area contributed by atoms with Crippen LogP contribution in [-0.2, 0) is 11.3 Å². The van der Waals surface area contributed by atoms with Gasteiger partial charge in [-0.15, -0.1) is 0 Å². The van der Waals surface area contributed by atoms with Crippen LogP contribution < -0.4 is 0 Å². The average Bonchev–Trinajstić information content (AvgIpc) is 2.68. The van der Waals surface area contributed by atoms with Crippen molar-refractivity contribution in [1.29, 1.82) is 0 Å². The number of nitrogens with zero attached hydrogens (tertiary/aromatic N) is 3. The van der Waals surface area contributed by atoms with Gasteiger partial charge in [0, 0.05) is 36.8 Å². The van der Waals surface area contributed by atoms with Crippen molar-refractivity contribution in [3.8, 4) is 0 Å². The molecule has 0 aliphatic carbocycles. The molecule has 1 amide bonds. The normalized spacial score (nSPS) is 11.8. The first-order valence-electron chi connectivity index (χ1n) is 8.43. The van der Waals surface area contributed by atoms with E-state index in [0.717, 1.165) is 16.8 Å². The summed E-state index contributed by atoms with van der Waals surface area (Å²) in [4.78, 5) is 22.8. The molecule has 0 aliphatic heterocycles. The molecule has 5 heteroatoms. The molecule has 0 N–H and O–H groups in total. The number of hydrogen-bond acceptors (Lipinski definition) is 3. The molecule has 1 heterocycles. The highest BCUT2D eigenvalue weighted by molar-refractivity contribution is 6.31. The van der Waals surface area contributed by atoms with E-state index in [1.807, 2.05) is 54.6 Å². The maximum Gasteiger partial charge on any atom is 0.223 e. The fourth-order valence-corrected chi connectivity index (χ4v) is 3.19. The maximum absolute atomic E-state index is 12.9. The summed E-state index contributed by atoms with van der Waals surface area (Å²) in [7, 11) is 1.78. The van der Waals surface area contributed by atoms with Gasteiger partial charge in [0.1, 0.15) is 0 Å². The number of carbonyl (C=O) groups is 1. The number of aromatic nitrogens is 2. The maximum atomic E-state index is 12.9. The van der Waals surface area contributed by atoms with Crippen LogP contribution in [0.3, 0.4) is 0 Å². The zero-order valence-corrected chi connectivity index (χ0v) is 15.3. The van der Waals surface area contributed by atoms with Gasteiger partial charge in [0.15, 0.2) is 0 Å². The minimum Gasteiger partial charge on any atom is -0.340 e. The third-order valence-electron chi connectivity index (χ3n) is 4.30. The van der Waals surface area contributed by atoms with Crippen LogP contribution >= 0.6 is 11.6 Å². The Morgan fingerprint density at radius 2 is 1.81 bits per heavy atom. The molecule has 1 aromatic heterocycles. The minimum atomic E-state index is -0.0956. The van der Waals surface area contributed by atoms with Gasteiger partial charge < -0.3 is 4.90 Å². The average molecular weight is 366 g/mol. The first-order valence-corrected chi connectivity index (χ1v) is 8.81. The van der Waals surface area contributed by atoms with Crippen LogP contribution in [0.1, 0.15) is 29.2 Å². The highest BCUT2D eigenvalue weighted by Crippen LogP contribution is 2.33. The van der Waals surface area contributed by atoms with Crippen LogP contribution in [0.25, 0.3) is 0 Å². The first kappa shape index (κ1) is 18.1. The molecule has 1 atom stereocenters. The Kier molecular flexibility index (Phi) is 5.97. The van der Waals surface area contributed by atoms with Crippen LogP contribution in [0.5, 0.6) is 0 Å². The quantitative estimate of drug-likeness (QED) is 0.653. The third-order valence-corrected chi connectivity index (χ3v) is 4.65. The van der Waals surface area contributed by atoms with Crippen molar-refractivity contribution in [1.82, 2.24) is 14.9 Å². The monoisotopic (exact) mass is 365 g/mol. The van der Waals surface area contributed by atoms with Crippen molar-refractivity contribution in [2.24, 2.45) is 0 Å². The van der Waals surface area contributed by atoms with E-state index in [1.165, 1.54) is 0 Å². The molecule has 1 unspecified atom stereocenters. The summed E-state index contributed by atoms with van der Waals surface area (Å²) in [6, 6.07) is 17.7. The number of benzene rings is 2. The Hall–Kier alpha value is -2.72. The van der Waals surface area contributed by atoms with Crippen LogP contribution in [0.2, 0.25) is 5.02 Å². The van der Waals surface area contributed by atoms with E-state index in [0.29, 0.717) is 18.0 Å². The lowest BCUT2D eigenvalue weighted by Gasteiger charge is -2.23. The summed E-state index contributed by atoms with van der Waals surface area (Å²) >= 11 is 6.42.